The molecule has 2 unspecified atom stereocenters. The number of rotatable bonds is 6. The highest BCUT2D eigenvalue weighted by Crippen LogP contribution is 2.12. The van der Waals surface area contributed by atoms with Crippen LogP contribution in [0.3, 0.4) is 0 Å². The minimum absolute atomic E-state index is 0.149. The van der Waals surface area contributed by atoms with E-state index < -0.39 is 0 Å². The highest BCUT2D eigenvalue weighted by molar-refractivity contribution is 5.75. The summed E-state index contributed by atoms with van der Waals surface area (Å²) in [7, 11) is 1.66. The Morgan fingerprint density at radius 3 is 2.94 bits per heavy atom. The minimum atomic E-state index is 0.149. The van der Waals surface area contributed by atoms with Gasteiger partial charge in [0.25, 0.3) is 0 Å². The second-order valence-corrected chi connectivity index (χ2v) is 4.65. The molecule has 0 saturated carbocycles. The molecule has 0 spiro atoms. The normalized spacial score (nSPS) is 25.4. The molecule has 0 radical (unpaired) electrons. The summed E-state index contributed by atoms with van der Waals surface area (Å²) >= 11 is 0. The first kappa shape index (κ1) is 13.5. The summed E-state index contributed by atoms with van der Waals surface area (Å²) in [5, 5.41) is 6.43. The van der Waals surface area contributed by atoms with Gasteiger partial charge in [-0.1, -0.05) is 0 Å². The Bertz CT molecular complexity index is 201. The van der Waals surface area contributed by atoms with E-state index in [1.807, 2.05) is 0 Å². The van der Waals surface area contributed by atoms with Crippen molar-refractivity contribution in [3.05, 3.63) is 0 Å². The fraction of sp³-hybridized carbons (Fsp3) is 0.917. The highest BCUT2D eigenvalue weighted by atomic mass is 16.5. The maximum atomic E-state index is 11.4. The van der Waals surface area contributed by atoms with E-state index in [4.69, 9.17) is 4.74 Å². The van der Waals surface area contributed by atoms with Gasteiger partial charge in [0, 0.05) is 32.7 Å². The Hall–Kier alpha value is -0.610. The van der Waals surface area contributed by atoms with Crippen LogP contribution in [-0.4, -0.2) is 38.8 Å². The van der Waals surface area contributed by atoms with Crippen molar-refractivity contribution in [3.63, 3.8) is 0 Å². The van der Waals surface area contributed by atoms with E-state index in [2.05, 4.69) is 17.6 Å². The van der Waals surface area contributed by atoms with Crippen LogP contribution in [-0.2, 0) is 9.53 Å². The third-order valence-electron chi connectivity index (χ3n) is 3.10. The standard InChI is InChI=1S/C12H24N2O2/c1-10-5-6-11(8-13-10)9-14-12(15)4-3-7-16-2/h10-11,13H,3-9H2,1-2H3,(H,14,15). The van der Waals surface area contributed by atoms with Gasteiger partial charge in [-0.05, 0) is 38.6 Å². The van der Waals surface area contributed by atoms with Gasteiger partial charge >= 0.3 is 0 Å². The molecule has 1 aliphatic rings. The molecule has 4 nitrogen and oxygen atoms in total. The van der Waals surface area contributed by atoms with Crippen LogP contribution in [0.2, 0.25) is 0 Å². The summed E-state index contributed by atoms with van der Waals surface area (Å²) in [6.45, 7) is 4.71. The summed E-state index contributed by atoms with van der Waals surface area (Å²) in [5.74, 6) is 0.748. The van der Waals surface area contributed by atoms with Crippen molar-refractivity contribution < 1.29 is 9.53 Å². The zero-order chi connectivity index (χ0) is 11.8. The third-order valence-corrected chi connectivity index (χ3v) is 3.10. The Morgan fingerprint density at radius 1 is 1.50 bits per heavy atom. The van der Waals surface area contributed by atoms with Gasteiger partial charge in [-0.15, -0.1) is 0 Å². The number of methoxy groups -OCH3 is 1. The number of carbonyl (C=O) groups excluding carboxylic acids is 1. The molecule has 2 N–H and O–H groups in total. The van der Waals surface area contributed by atoms with Crippen LogP contribution in [0.4, 0.5) is 0 Å². The Kier molecular flexibility index (Phi) is 6.42. The molecular formula is C12H24N2O2. The van der Waals surface area contributed by atoms with Crippen LogP contribution in [0.15, 0.2) is 0 Å². The topological polar surface area (TPSA) is 50.4 Å². The second kappa shape index (κ2) is 7.63. The Morgan fingerprint density at radius 2 is 2.31 bits per heavy atom. The van der Waals surface area contributed by atoms with E-state index in [9.17, 15) is 4.79 Å². The van der Waals surface area contributed by atoms with Crippen molar-refractivity contribution in [2.24, 2.45) is 5.92 Å². The molecule has 1 fully saturated rings. The van der Waals surface area contributed by atoms with Gasteiger partial charge in [0.2, 0.25) is 5.91 Å². The van der Waals surface area contributed by atoms with Gasteiger partial charge in [0.05, 0.1) is 0 Å². The van der Waals surface area contributed by atoms with Gasteiger partial charge in [-0.25, -0.2) is 0 Å². The first-order valence-corrected chi connectivity index (χ1v) is 6.21. The van der Waals surface area contributed by atoms with Crippen molar-refractivity contribution in [3.8, 4) is 0 Å². The maximum Gasteiger partial charge on any atom is 0.220 e. The molecule has 0 bridgehead atoms. The molecule has 1 heterocycles. The van der Waals surface area contributed by atoms with Gasteiger partial charge < -0.3 is 15.4 Å². The first-order valence-electron chi connectivity index (χ1n) is 6.21. The van der Waals surface area contributed by atoms with E-state index in [0.29, 0.717) is 25.0 Å². The number of ether oxygens (including phenoxy) is 1. The lowest BCUT2D eigenvalue weighted by Gasteiger charge is -2.27. The molecule has 0 aromatic rings. The highest BCUT2D eigenvalue weighted by Gasteiger charge is 2.17. The molecule has 1 saturated heterocycles. The van der Waals surface area contributed by atoms with E-state index >= 15 is 0 Å². The van der Waals surface area contributed by atoms with E-state index in [0.717, 1.165) is 19.5 Å². The lowest BCUT2D eigenvalue weighted by atomic mass is 9.95. The molecule has 0 aliphatic carbocycles. The average Bonchev–Trinajstić information content (AvgIpc) is 2.29. The summed E-state index contributed by atoms with van der Waals surface area (Å²) in [4.78, 5) is 11.4. The summed E-state index contributed by atoms with van der Waals surface area (Å²) < 4.78 is 4.91. The molecule has 0 aromatic carbocycles. The molecule has 4 heteroatoms. The fourth-order valence-electron chi connectivity index (χ4n) is 1.96. The van der Waals surface area contributed by atoms with Crippen LogP contribution in [0.25, 0.3) is 0 Å². The van der Waals surface area contributed by atoms with Gasteiger partial charge in [-0.3, -0.25) is 4.79 Å². The Balaban J connectivity index is 2.03. The second-order valence-electron chi connectivity index (χ2n) is 4.65. The van der Waals surface area contributed by atoms with Crippen molar-refractivity contribution >= 4 is 5.91 Å². The molecule has 2 atom stereocenters. The van der Waals surface area contributed by atoms with Crippen LogP contribution < -0.4 is 10.6 Å². The largest absolute Gasteiger partial charge is 0.385 e. The summed E-state index contributed by atoms with van der Waals surface area (Å²) in [5.41, 5.74) is 0. The number of carbonyl (C=O) groups is 1. The maximum absolute atomic E-state index is 11.4. The predicted octanol–water partition coefficient (Wildman–Crippen LogP) is 0.917. The molecule has 16 heavy (non-hydrogen) atoms. The Labute approximate surface area is 98.1 Å². The molecule has 0 aromatic heterocycles. The third kappa shape index (κ3) is 5.47. The number of hydrogen-bond donors (Lipinski definition) is 2. The van der Waals surface area contributed by atoms with Gasteiger partial charge in [-0.2, -0.15) is 0 Å². The SMILES string of the molecule is COCCCC(=O)NCC1CCC(C)NC1. The van der Waals surface area contributed by atoms with Crippen molar-refractivity contribution in [2.75, 3.05) is 26.8 Å². The smallest absolute Gasteiger partial charge is 0.220 e. The van der Waals surface area contributed by atoms with E-state index in [1.54, 1.807) is 7.11 Å². The molecular weight excluding hydrogens is 204 g/mol. The average molecular weight is 228 g/mol. The minimum Gasteiger partial charge on any atom is -0.385 e. The number of piperidine rings is 1. The number of amides is 1. The molecule has 1 rings (SSSR count). The lowest BCUT2D eigenvalue weighted by molar-refractivity contribution is -0.121. The molecule has 1 amide bonds. The van der Waals surface area contributed by atoms with E-state index in [-0.39, 0.29) is 5.91 Å². The molecule has 94 valence electrons. The van der Waals surface area contributed by atoms with Crippen molar-refractivity contribution in [2.45, 2.75) is 38.6 Å². The van der Waals surface area contributed by atoms with E-state index in [1.165, 1.54) is 12.8 Å². The van der Waals surface area contributed by atoms with Crippen molar-refractivity contribution in [1.29, 1.82) is 0 Å². The van der Waals surface area contributed by atoms with Crippen LogP contribution in [0.5, 0.6) is 0 Å². The van der Waals surface area contributed by atoms with Crippen molar-refractivity contribution in [1.82, 2.24) is 10.6 Å². The molecule has 1 aliphatic heterocycles. The van der Waals surface area contributed by atoms with Crippen LogP contribution in [0.1, 0.15) is 32.6 Å². The number of hydrogen-bond acceptors (Lipinski definition) is 3. The zero-order valence-corrected chi connectivity index (χ0v) is 10.4. The zero-order valence-electron chi connectivity index (χ0n) is 10.4. The van der Waals surface area contributed by atoms with Gasteiger partial charge in [0.1, 0.15) is 0 Å². The summed E-state index contributed by atoms with van der Waals surface area (Å²) in [6, 6.07) is 0.633. The fourth-order valence-corrected chi connectivity index (χ4v) is 1.96. The van der Waals surface area contributed by atoms with Crippen LogP contribution in [0, 0.1) is 5.92 Å². The monoisotopic (exact) mass is 228 g/mol. The van der Waals surface area contributed by atoms with Crippen LogP contribution >= 0.6 is 0 Å². The lowest BCUT2D eigenvalue weighted by Crippen LogP contribution is -2.41. The number of nitrogens with one attached hydrogen (secondary N) is 2. The quantitative estimate of drug-likeness (QED) is 0.665. The first-order chi connectivity index (χ1) is 7.72. The van der Waals surface area contributed by atoms with Gasteiger partial charge in [0.15, 0.2) is 0 Å². The predicted molar refractivity (Wildman–Crippen MR) is 64.3 cm³/mol. The summed E-state index contributed by atoms with van der Waals surface area (Å²) in [6.07, 6.45) is 3.81.